The van der Waals surface area contributed by atoms with Crippen molar-refractivity contribution in [2.75, 3.05) is 0 Å². The fourth-order valence-corrected chi connectivity index (χ4v) is 1.66. The summed E-state index contributed by atoms with van der Waals surface area (Å²) in [7, 11) is 0. The van der Waals surface area contributed by atoms with E-state index in [0.717, 1.165) is 24.8 Å². The van der Waals surface area contributed by atoms with Crippen molar-refractivity contribution in [3.63, 3.8) is 0 Å². The van der Waals surface area contributed by atoms with Crippen molar-refractivity contribution in [1.29, 1.82) is 0 Å². The highest BCUT2D eigenvalue weighted by molar-refractivity contribution is 5.04. The molecule has 0 bridgehead atoms. The van der Waals surface area contributed by atoms with Crippen molar-refractivity contribution in [3.8, 4) is 0 Å². The molecule has 0 unspecified atom stereocenters. The molecule has 0 saturated carbocycles. The van der Waals surface area contributed by atoms with E-state index in [1.807, 2.05) is 6.20 Å². The predicted octanol–water partition coefficient (Wildman–Crippen LogP) is 2.74. The second-order valence-electron chi connectivity index (χ2n) is 5.17. The molecule has 1 N–H and O–H groups in total. The quantitative estimate of drug-likeness (QED) is 0.803. The third kappa shape index (κ3) is 3.97. The first-order valence-electron chi connectivity index (χ1n) is 6.25. The smallest absolute Gasteiger partial charge is 0.105 e. The Morgan fingerprint density at radius 3 is 2.56 bits per heavy atom. The summed E-state index contributed by atoms with van der Waals surface area (Å²) in [4.78, 5) is 4.40. The van der Waals surface area contributed by atoms with E-state index in [9.17, 15) is 0 Å². The van der Waals surface area contributed by atoms with Crippen LogP contribution in [0.2, 0.25) is 0 Å². The molecule has 1 rings (SSSR count). The fourth-order valence-electron chi connectivity index (χ4n) is 1.66. The maximum atomic E-state index is 4.40. The van der Waals surface area contributed by atoms with Gasteiger partial charge >= 0.3 is 0 Å². The minimum Gasteiger partial charge on any atom is -0.331 e. The number of nitrogens with zero attached hydrogens (tertiary/aromatic N) is 2. The molecule has 0 atom stereocenters. The Balaban J connectivity index is 2.62. The van der Waals surface area contributed by atoms with Crippen LogP contribution in [0.4, 0.5) is 0 Å². The Hall–Kier alpha value is -0.830. The maximum Gasteiger partial charge on any atom is 0.105 e. The van der Waals surface area contributed by atoms with Crippen molar-refractivity contribution in [3.05, 3.63) is 17.7 Å². The lowest BCUT2D eigenvalue weighted by atomic mass is 10.1. The van der Waals surface area contributed by atoms with Crippen molar-refractivity contribution in [2.24, 2.45) is 5.92 Å². The molecule has 0 amide bonds. The van der Waals surface area contributed by atoms with Crippen LogP contribution in [0, 0.1) is 12.8 Å². The van der Waals surface area contributed by atoms with Crippen LogP contribution in [-0.2, 0) is 13.1 Å². The third-order valence-corrected chi connectivity index (χ3v) is 2.76. The van der Waals surface area contributed by atoms with Gasteiger partial charge in [0.1, 0.15) is 5.82 Å². The van der Waals surface area contributed by atoms with Gasteiger partial charge in [-0.1, -0.05) is 27.7 Å². The molecule has 3 nitrogen and oxygen atoms in total. The topological polar surface area (TPSA) is 29.9 Å². The van der Waals surface area contributed by atoms with E-state index < -0.39 is 0 Å². The van der Waals surface area contributed by atoms with Crippen molar-refractivity contribution in [2.45, 2.75) is 60.2 Å². The summed E-state index contributed by atoms with van der Waals surface area (Å²) in [5.41, 5.74) is 1.30. The lowest BCUT2D eigenvalue weighted by Crippen LogP contribution is -2.23. The van der Waals surface area contributed by atoms with Crippen LogP contribution in [0.15, 0.2) is 6.20 Å². The van der Waals surface area contributed by atoms with Crippen LogP contribution in [-0.4, -0.2) is 15.6 Å². The number of aromatic nitrogens is 2. The molecule has 16 heavy (non-hydrogen) atoms. The van der Waals surface area contributed by atoms with Crippen LogP contribution in [0.25, 0.3) is 0 Å². The summed E-state index contributed by atoms with van der Waals surface area (Å²) >= 11 is 0. The number of nitrogens with one attached hydrogen (secondary N) is 1. The average molecular weight is 223 g/mol. The summed E-state index contributed by atoms with van der Waals surface area (Å²) in [6.07, 6.45) is 3.21. The molecular weight excluding hydrogens is 198 g/mol. The molecule has 0 aromatic carbocycles. The van der Waals surface area contributed by atoms with Crippen molar-refractivity contribution >= 4 is 0 Å². The van der Waals surface area contributed by atoms with Crippen LogP contribution in [0.5, 0.6) is 0 Å². The summed E-state index contributed by atoms with van der Waals surface area (Å²) < 4.78 is 2.33. The van der Waals surface area contributed by atoms with Crippen LogP contribution >= 0.6 is 0 Å². The Kier molecular flexibility index (Phi) is 5.00. The van der Waals surface area contributed by atoms with Gasteiger partial charge in [0, 0.05) is 25.3 Å². The molecule has 0 aliphatic heterocycles. The molecule has 1 aromatic rings. The van der Waals surface area contributed by atoms with Crippen LogP contribution in [0.3, 0.4) is 0 Å². The fraction of sp³-hybridized carbons (Fsp3) is 0.769. The number of rotatable bonds is 6. The Bertz CT molecular complexity index is 313. The Morgan fingerprint density at radius 1 is 1.31 bits per heavy atom. The van der Waals surface area contributed by atoms with Gasteiger partial charge in [0.15, 0.2) is 0 Å². The molecule has 1 aromatic heterocycles. The minimum absolute atomic E-state index is 0.522. The van der Waals surface area contributed by atoms with Gasteiger partial charge < -0.3 is 9.88 Å². The van der Waals surface area contributed by atoms with Gasteiger partial charge in [-0.15, -0.1) is 0 Å². The lowest BCUT2D eigenvalue weighted by Gasteiger charge is -2.13. The first-order valence-corrected chi connectivity index (χ1v) is 6.25. The molecule has 3 heteroatoms. The Labute approximate surface area is 99.3 Å². The van der Waals surface area contributed by atoms with E-state index in [4.69, 9.17) is 0 Å². The van der Waals surface area contributed by atoms with E-state index in [1.165, 1.54) is 12.1 Å². The second kappa shape index (κ2) is 6.04. The van der Waals surface area contributed by atoms with E-state index in [-0.39, 0.29) is 0 Å². The van der Waals surface area contributed by atoms with Gasteiger partial charge in [0.2, 0.25) is 0 Å². The average Bonchev–Trinajstić information content (AvgIpc) is 2.53. The lowest BCUT2D eigenvalue weighted by molar-refractivity contribution is 0.487. The van der Waals surface area contributed by atoms with Crippen LogP contribution in [0.1, 0.15) is 45.6 Å². The van der Waals surface area contributed by atoms with E-state index in [0.29, 0.717) is 6.04 Å². The zero-order chi connectivity index (χ0) is 12.1. The number of aryl methyl sites for hydroxylation is 1. The van der Waals surface area contributed by atoms with Gasteiger partial charge in [0.25, 0.3) is 0 Å². The molecule has 1 heterocycles. The summed E-state index contributed by atoms with van der Waals surface area (Å²) in [6, 6.07) is 0.522. The van der Waals surface area contributed by atoms with Gasteiger partial charge in [0.05, 0.1) is 5.69 Å². The monoisotopic (exact) mass is 223 g/mol. The molecule has 0 spiro atoms. The van der Waals surface area contributed by atoms with Gasteiger partial charge in [-0.25, -0.2) is 4.98 Å². The third-order valence-electron chi connectivity index (χ3n) is 2.76. The number of hydrogen-bond acceptors (Lipinski definition) is 2. The zero-order valence-corrected chi connectivity index (χ0v) is 11.2. The van der Waals surface area contributed by atoms with Crippen molar-refractivity contribution in [1.82, 2.24) is 14.9 Å². The number of hydrogen-bond donors (Lipinski definition) is 1. The minimum atomic E-state index is 0.522. The Morgan fingerprint density at radius 2 is 2.00 bits per heavy atom. The summed E-state index contributed by atoms with van der Waals surface area (Å²) in [5, 5.41) is 3.44. The van der Waals surface area contributed by atoms with Crippen molar-refractivity contribution < 1.29 is 0 Å². The maximum absolute atomic E-state index is 4.40. The normalized spacial score (nSPS) is 11.7. The molecule has 92 valence electrons. The highest BCUT2D eigenvalue weighted by Crippen LogP contribution is 2.09. The first-order chi connectivity index (χ1) is 7.50. The molecule has 0 fully saturated rings. The van der Waals surface area contributed by atoms with Crippen LogP contribution < -0.4 is 5.32 Å². The second-order valence-corrected chi connectivity index (χ2v) is 5.17. The standard InChI is InChI=1S/C13H25N3/c1-10(2)6-7-16-12(5)15-9-13(16)8-14-11(3)4/h9-11,14H,6-8H2,1-5H3. The largest absolute Gasteiger partial charge is 0.331 e. The highest BCUT2D eigenvalue weighted by atomic mass is 15.1. The van der Waals surface area contributed by atoms with Gasteiger partial charge in [-0.3, -0.25) is 0 Å². The summed E-state index contributed by atoms with van der Waals surface area (Å²) in [5.74, 6) is 1.87. The zero-order valence-electron chi connectivity index (χ0n) is 11.2. The van der Waals surface area contributed by atoms with Gasteiger partial charge in [-0.2, -0.15) is 0 Å². The van der Waals surface area contributed by atoms with E-state index >= 15 is 0 Å². The summed E-state index contributed by atoms with van der Waals surface area (Å²) in [6.45, 7) is 12.9. The molecule has 0 aliphatic carbocycles. The molecule has 0 saturated heterocycles. The van der Waals surface area contributed by atoms with E-state index in [1.54, 1.807) is 0 Å². The van der Waals surface area contributed by atoms with E-state index in [2.05, 4.69) is 49.5 Å². The molecule has 0 radical (unpaired) electrons. The van der Waals surface area contributed by atoms with Gasteiger partial charge in [-0.05, 0) is 19.3 Å². The number of imidazole rings is 1. The SMILES string of the molecule is Cc1ncc(CNC(C)C)n1CCC(C)C. The first kappa shape index (κ1) is 13.2. The predicted molar refractivity (Wildman–Crippen MR) is 68.4 cm³/mol. The molecule has 0 aliphatic rings. The highest BCUT2D eigenvalue weighted by Gasteiger charge is 2.07. The molecular formula is C13H25N3.